The van der Waals surface area contributed by atoms with E-state index in [1.165, 1.54) is 5.56 Å². The number of rotatable bonds is 5. The van der Waals surface area contributed by atoms with E-state index >= 15 is 0 Å². The van der Waals surface area contributed by atoms with Crippen molar-refractivity contribution < 1.29 is 0 Å². The second-order valence-electron chi connectivity index (χ2n) is 5.50. The lowest BCUT2D eigenvalue weighted by Crippen LogP contribution is -2.06. The van der Waals surface area contributed by atoms with Crippen LogP contribution in [-0.4, -0.2) is 17.0 Å². The zero-order valence-corrected chi connectivity index (χ0v) is 13.4. The fraction of sp³-hybridized carbons (Fsp3) is 0.158. The van der Waals surface area contributed by atoms with Gasteiger partial charge in [-0.25, -0.2) is 4.98 Å². The van der Waals surface area contributed by atoms with Crippen LogP contribution in [0.5, 0.6) is 0 Å². The van der Waals surface area contributed by atoms with E-state index in [9.17, 15) is 0 Å². The largest absolute Gasteiger partial charge is 0.372 e. The summed E-state index contributed by atoms with van der Waals surface area (Å²) < 4.78 is 0. The van der Waals surface area contributed by atoms with Crippen LogP contribution in [0.15, 0.2) is 55.1 Å². The standard InChI is InChI=1S/C19H20N4/c1-13(2)15-9-10-17-16(11-15)18(20-3)23-19(22-17)21-12-14-7-5-4-6-8-14/h4-11H,1,12H2,2-3H3,(H2,20,21,22,23). The quantitative estimate of drug-likeness (QED) is 0.737. The normalized spacial score (nSPS) is 10.5. The van der Waals surface area contributed by atoms with Crippen LogP contribution in [0.25, 0.3) is 16.5 Å². The summed E-state index contributed by atoms with van der Waals surface area (Å²) in [5.74, 6) is 1.43. The van der Waals surface area contributed by atoms with Gasteiger partial charge in [-0.1, -0.05) is 48.6 Å². The van der Waals surface area contributed by atoms with Crippen molar-refractivity contribution in [2.24, 2.45) is 0 Å². The summed E-state index contributed by atoms with van der Waals surface area (Å²) in [5, 5.41) is 7.44. The number of fused-ring (bicyclic) bond motifs is 1. The second kappa shape index (κ2) is 6.48. The minimum Gasteiger partial charge on any atom is -0.372 e. The number of allylic oxidation sites excluding steroid dienone is 1. The van der Waals surface area contributed by atoms with Crippen LogP contribution < -0.4 is 10.6 Å². The van der Waals surface area contributed by atoms with Crippen molar-refractivity contribution in [2.45, 2.75) is 13.5 Å². The number of benzene rings is 2. The average molecular weight is 304 g/mol. The first-order valence-electron chi connectivity index (χ1n) is 7.60. The van der Waals surface area contributed by atoms with Crippen LogP contribution in [0.1, 0.15) is 18.1 Å². The van der Waals surface area contributed by atoms with Gasteiger partial charge in [-0.05, 0) is 30.2 Å². The molecule has 0 aliphatic heterocycles. The molecule has 4 heteroatoms. The Labute approximate surface area is 136 Å². The lowest BCUT2D eigenvalue weighted by molar-refractivity contribution is 1.07. The van der Waals surface area contributed by atoms with Gasteiger partial charge in [0.1, 0.15) is 5.82 Å². The molecular formula is C19H20N4. The molecule has 3 rings (SSSR count). The van der Waals surface area contributed by atoms with E-state index in [1.807, 2.05) is 44.3 Å². The molecule has 0 aliphatic rings. The second-order valence-corrected chi connectivity index (χ2v) is 5.50. The zero-order valence-electron chi connectivity index (χ0n) is 13.4. The Morgan fingerprint density at radius 2 is 1.87 bits per heavy atom. The van der Waals surface area contributed by atoms with E-state index in [-0.39, 0.29) is 0 Å². The van der Waals surface area contributed by atoms with E-state index in [4.69, 9.17) is 0 Å². The van der Waals surface area contributed by atoms with Gasteiger partial charge < -0.3 is 10.6 Å². The van der Waals surface area contributed by atoms with Crippen molar-refractivity contribution >= 4 is 28.2 Å². The topological polar surface area (TPSA) is 49.8 Å². The van der Waals surface area contributed by atoms with Crippen molar-refractivity contribution in [3.63, 3.8) is 0 Å². The van der Waals surface area contributed by atoms with E-state index in [0.717, 1.165) is 27.9 Å². The predicted molar refractivity (Wildman–Crippen MR) is 97.6 cm³/mol. The Hall–Kier alpha value is -2.88. The molecule has 0 atom stereocenters. The Balaban J connectivity index is 1.93. The van der Waals surface area contributed by atoms with Crippen LogP contribution in [-0.2, 0) is 6.54 Å². The molecule has 0 spiro atoms. The average Bonchev–Trinajstić information content (AvgIpc) is 2.59. The molecular weight excluding hydrogens is 284 g/mol. The van der Waals surface area contributed by atoms with Crippen molar-refractivity contribution in [3.05, 3.63) is 66.2 Å². The number of nitrogens with one attached hydrogen (secondary N) is 2. The monoisotopic (exact) mass is 304 g/mol. The molecule has 0 saturated carbocycles. The molecule has 2 N–H and O–H groups in total. The first-order chi connectivity index (χ1) is 11.2. The van der Waals surface area contributed by atoms with Crippen LogP contribution in [0, 0.1) is 0 Å². The number of anilines is 2. The summed E-state index contributed by atoms with van der Waals surface area (Å²) in [7, 11) is 1.87. The lowest BCUT2D eigenvalue weighted by atomic mass is 10.1. The highest BCUT2D eigenvalue weighted by molar-refractivity contribution is 5.92. The summed E-state index contributed by atoms with van der Waals surface area (Å²) >= 11 is 0. The minimum atomic E-state index is 0.619. The summed E-state index contributed by atoms with van der Waals surface area (Å²) in [5.41, 5.74) is 4.23. The Morgan fingerprint density at radius 1 is 1.09 bits per heavy atom. The number of nitrogens with zero attached hydrogens (tertiary/aromatic N) is 2. The molecule has 3 aromatic rings. The summed E-state index contributed by atoms with van der Waals surface area (Å²) in [4.78, 5) is 9.18. The van der Waals surface area contributed by atoms with E-state index < -0.39 is 0 Å². The predicted octanol–water partition coefficient (Wildman–Crippen LogP) is 4.32. The smallest absolute Gasteiger partial charge is 0.225 e. The molecule has 0 aliphatic carbocycles. The van der Waals surface area contributed by atoms with Crippen molar-refractivity contribution in [1.82, 2.24) is 9.97 Å². The molecule has 0 fully saturated rings. The van der Waals surface area contributed by atoms with Crippen molar-refractivity contribution in [3.8, 4) is 0 Å². The van der Waals surface area contributed by atoms with Gasteiger partial charge in [-0.15, -0.1) is 0 Å². The number of aromatic nitrogens is 2. The van der Waals surface area contributed by atoms with Gasteiger partial charge in [0.05, 0.1) is 5.52 Å². The van der Waals surface area contributed by atoms with Gasteiger partial charge in [0.2, 0.25) is 5.95 Å². The molecule has 2 aromatic carbocycles. The molecule has 4 nitrogen and oxygen atoms in total. The van der Waals surface area contributed by atoms with Crippen molar-refractivity contribution in [1.29, 1.82) is 0 Å². The molecule has 23 heavy (non-hydrogen) atoms. The molecule has 0 unspecified atom stereocenters. The third kappa shape index (κ3) is 3.31. The van der Waals surface area contributed by atoms with Crippen LogP contribution in [0.4, 0.5) is 11.8 Å². The van der Waals surface area contributed by atoms with E-state index in [1.54, 1.807) is 0 Å². The molecule has 1 aromatic heterocycles. The lowest BCUT2D eigenvalue weighted by Gasteiger charge is -2.11. The molecule has 0 radical (unpaired) electrons. The summed E-state index contributed by atoms with van der Waals surface area (Å²) in [6.45, 7) is 6.69. The number of hydrogen-bond acceptors (Lipinski definition) is 4. The van der Waals surface area contributed by atoms with E-state index in [0.29, 0.717) is 12.5 Å². The van der Waals surface area contributed by atoms with Crippen LogP contribution >= 0.6 is 0 Å². The minimum absolute atomic E-state index is 0.619. The molecule has 116 valence electrons. The summed E-state index contributed by atoms with van der Waals surface area (Å²) in [6, 6.07) is 16.3. The van der Waals surface area contributed by atoms with Gasteiger partial charge in [0.15, 0.2) is 0 Å². The van der Waals surface area contributed by atoms with E-state index in [2.05, 4.69) is 45.4 Å². The Bertz CT molecular complexity index is 841. The fourth-order valence-corrected chi connectivity index (χ4v) is 2.44. The van der Waals surface area contributed by atoms with Gasteiger partial charge in [-0.3, -0.25) is 0 Å². The SMILES string of the molecule is C=C(C)c1ccc2nc(NCc3ccccc3)nc(NC)c2c1. The first kappa shape index (κ1) is 15.0. The maximum absolute atomic E-state index is 4.61. The summed E-state index contributed by atoms with van der Waals surface area (Å²) in [6.07, 6.45) is 0. The highest BCUT2D eigenvalue weighted by Crippen LogP contribution is 2.25. The third-order valence-corrected chi connectivity index (χ3v) is 3.72. The Kier molecular flexibility index (Phi) is 4.24. The molecule has 0 bridgehead atoms. The third-order valence-electron chi connectivity index (χ3n) is 3.72. The zero-order chi connectivity index (χ0) is 16.2. The van der Waals surface area contributed by atoms with Crippen LogP contribution in [0.3, 0.4) is 0 Å². The first-order valence-corrected chi connectivity index (χ1v) is 7.60. The number of hydrogen-bond donors (Lipinski definition) is 2. The van der Waals surface area contributed by atoms with Gasteiger partial charge in [0.25, 0.3) is 0 Å². The molecule has 0 saturated heterocycles. The van der Waals surface area contributed by atoms with Gasteiger partial charge in [0, 0.05) is 19.0 Å². The highest BCUT2D eigenvalue weighted by atomic mass is 15.1. The highest BCUT2D eigenvalue weighted by Gasteiger charge is 2.08. The maximum atomic E-state index is 4.61. The van der Waals surface area contributed by atoms with Gasteiger partial charge in [-0.2, -0.15) is 4.98 Å². The molecule has 0 amide bonds. The fourth-order valence-electron chi connectivity index (χ4n) is 2.44. The van der Waals surface area contributed by atoms with Crippen LogP contribution in [0.2, 0.25) is 0 Å². The van der Waals surface area contributed by atoms with Gasteiger partial charge >= 0.3 is 0 Å². The van der Waals surface area contributed by atoms with Crippen molar-refractivity contribution in [2.75, 3.05) is 17.7 Å². The molecule has 1 heterocycles. The maximum Gasteiger partial charge on any atom is 0.225 e. The Morgan fingerprint density at radius 3 is 2.57 bits per heavy atom.